The second-order valence-electron chi connectivity index (χ2n) is 3.94. The average Bonchev–Trinajstić information content (AvgIpc) is 2.30. The van der Waals surface area contributed by atoms with Crippen LogP contribution >= 0.6 is 0 Å². The molecule has 0 aliphatic carbocycles. The Kier molecular flexibility index (Phi) is 3.03. The average molecular weight is 224 g/mol. The van der Waals surface area contributed by atoms with Crippen LogP contribution in [0.2, 0.25) is 0 Å². The van der Waals surface area contributed by atoms with Crippen molar-refractivity contribution in [2.75, 3.05) is 18.0 Å². The van der Waals surface area contributed by atoms with Gasteiger partial charge in [-0.15, -0.1) is 0 Å². The lowest BCUT2D eigenvalue weighted by Crippen LogP contribution is -2.29. The highest BCUT2D eigenvalue weighted by Gasteiger charge is 2.21. The van der Waals surface area contributed by atoms with E-state index in [-0.39, 0.29) is 5.69 Å². The molecule has 0 bridgehead atoms. The minimum absolute atomic E-state index is 0.137. The molecule has 1 heterocycles. The number of rotatable bonds is 2. The van der Waals surface area contributed by atoms with Gasteiger partial charge in [0.1, 0.15) is 11.5 Å². The molecule has 0 amide bonds. The normalized spacial score (nSPS) is 16.2. The summed E-state index contributed by atoms with van der Waals surface area (Å²) in [4.78, 5) is 12.3. The molecule has 0 saturated carbocycles. The number of hydrogen-bond acceptors (Lipinski definition) is 3. The highest BCUT2D eigenvalue weighted by molar-refractivity contribution is 5.63. The van der Waals surface area contributed by atoms with Gasteiger partial charge in [-0.3, -0.25) is 10.1 Å². The third-order valence-corrected chi connectivity index (χ3v) is 2.83. The minimum atomic E-state index is -0.563. The molecule has 0 aromatic heterocycles. The van der Waals surface area contributed by atoms with E-state index in [1.165, 1.54) is 12.1 Å². The Morgan fingerprint density at radius 3 is 2.56 bits per heavy atom. The smallest absolute Gasteiger partial charge is 0.295 e. The summed E-state index contributed by atoms with van der Waals surface area (Å²) in [5.74, 6) is -0.563. The number of nitrogens with zero attached hydrogens (tertiary/aromatic N) is 2. The predicted octanol–water partition coefficient (Wildman–Crippen LogP) is 2.72. The fourth-order valence-electron chi connectivity index (χ4n) is 2.05. The van der Waals surface area contributed by atoms with Gasteiger partial charge in [-0.1, -0.05) is 0 Å². The Morgan fingerprint density at radius 2 is 1.94 bits per heavy atom. The molecule has 1 aromatic rings. The third kappa shape index (κ3) is 2.13. The van der Waals surface area contributed by atoms with Gasteiger partial charge >= 0.3 is 0 Å². The molecule has 0 radical (unpaired) electrons. The maximum atomic E-state index is 13.0. The van der Waals surface area contributed by atoms with Crippen LogP contribution in [0.5, 0.6) is 0 Å². The van der Waals surface area contributed by atoms with Gasteiger partial charge in [0.2, 0.25) is 0 Å². The minimum Gasteiger partial charge on any atom is -0.366 e. The molecule has 2 rings (SSSR count). The molecule has 5 heteroatoms. The maximum Gasteiger partial charge on any atom is 0.295 e. The van der Waals surface area contributed by atoms with E-state index < -0.39 is 10.7 Å². The third-order valence-electron chi connectivity index (χ3n) is 2.83. The highest BCUT2D eigenvalue weighted by atomic mass is 19.1. The van der Waals surface area contributed by atoms with E-state index in [4.69, 9.17) is 0 Å². The van der Waals surface area contributed by atoms with Crippen molar-refractivity contribution >= 4 is 11.4 Å². The van der Waals surface area contributed by atoms with E-state index in [2.05, 4.69) is 0 Å². The summed E-state index contributed by atoms with van der Waals surface area (Å²) >= 11 is 0. The van der Waals surface area contributed by atoms with Crippen LogP contribution in [0.1, 0.15) is 19.3 Å². The van der Waals surface area contributed by atoms with Crippen molar-refractivity contribution in [2.24, 2.45) is 0 Å². The van der Waals surface area contributed by atoms with Crippen LogP contribution in [0.15, 0.2) is 18.2 Å². The van der Waals surface area contributed by atoms with E-state index in [1.807, 2.05) is 4.90 Å². The summed E-state index contributed by atoms with van der Waals surface area (Å²) in [5.41, 5.74) is 0.396. The zero-order valence-electron chi connectivity index (χ0n) is 8.86. The van der Waals surface area contributed by atoms with Gasteiger partial charge < -0.3 is 4.90 Å². The molecule has 1 aliphatic heterocycles. The Labute approximate surface area is 92.8 Å². The summed E-state index contributed by atoms with van der Waals surface area (Å²) in [5, 5.41) is 10.8. The SMILES string of the molecule is O=[N+]([O-])c1cc(F)ccc1N1CCCCC1. The van der Waals surface area contributed by atoms with Gasteiger partial charge in [-0.05, 0) is 31.4 Å². The number of nitro groups is 1. The first kappa shape index (κ1) is 10.9. The van der Waals surface area contributed by atoms with Crippen molar-refractivity contribution in [3.8, 4) is 0 Å². The second-order valence-corrected chi connectivity index (χ2v) is 3.94. The molecular weight excluding hydrogens is 211 g/mol. The number of nitro benzene ring substituents is 1. The standard InChI is InChI=1S/C11H13FN2O2/c12-9-4-5-10(11(8-9)14(15)16)13-6-2-1-3-7-13/h4-5,8H,1-3,6-7H2. The molecule has 16 heavy (non-hydrogen) atoms. The van der Waals surface area contributed by atoms with Crippen LogP contribution in [-0.2, 0) is 0 Å². The van der Waals surface area contributed by atoms with Crippen molar-refractivity contribution in [2.45, 2.75) is 19.3 Å². The highest BCUT2D eigenvalue weighted by Crippen LogP contribution is 2.30. The first-order valence-corrected chi connectivity index (χ1v) is 5.37. The lowest BCUT2D eigenvalue weighted by atomic mass is 10.1. The first-order valence-electron chi connectivity index (χ1n) is 5.37. The lowest BCUT2D eigenvalue weighted by molar-refractivity contribution is -0.384. The van der Waals surface area contributed by atoms with E-state index >= 15 is 0 Å². The summed E-state index contributed by atoms with van der Waals surface area (Å²) in [6, 6.07) is 3.76. The molecule has 0 atom stereocenters. The van der Waals surface area contributed by atoms with Gasteiger partial charge in [0, 0.05) is 13.1 Å². The first-order chi connectivity index (χ1) is 7.68. The van der Waals surface area contributed by atoms with Gasteiger partial charge in [0.15, 0.2) is 0 Å². The molecule has 1 saturated heterocycles. The number of anilines is 1. The van der Waals surface area contributed by atoms with Crippen LogP contribution in [0.4, 0.5) is 15.8 Å². The summed E-state index contributed by atoms with van der Waals surface area (Å²) < 4.78 is 13.0. The quantitative estimate of drug-likeness (QED) is 0.573. The summed E-state index contributed by atoms with van der Waals surface area (Å²) in [6.45, 7) is 1.62. The van der Waals surface area contributed by atoms with Gasteiger partial charge in [-0.2, -0.15) is 0 Å². The fraction of sp³-hybridized carbons (Fsp3) is 0.455. The molecule has 0 spiro atoms. The molecule has 1 aliphatic rings. The number of piperidine rings is 1. The van der Waals surface area contributed by atoms with Crippen LogP contribution < -0.4 is 4.90 Å². The zero-order valence-corrected chi connectivity index (χ0v) is 8.86. The van der Waals surface area contributed by atoms with Gasteiger partial charge in [-0.25, -0.2) is 4.39 Å². The van der Waals surface area contributed by atoms with Crippen LogP contribution in [0.3, 0.4) is 0 Å². The monoisotopic (exact) mass is 224 g/mol. The van der Waals surface area contributed by atoms with E-state index in [0.717, 1.165) is 38.4 Å². The topological polar surface area (TPSA) is 46.4 Å². The van der Waals surface area contributed by atoms with Crippen LogP contribution in [0.25, 0.3) is 0 Å². The Hall–Kier alpha value is -1.65. The van der Waals surface area contributed by atoms with Crippen molar-refractivity contribution in [1.82, 2.24) is 0 Å². The largest absolute Gasteiger partial charge is 0.366 e. The lowest BCUT2D eigenvalue weighted by Gasteiger charge is -2.28. The van der Waals surface area contributed by atoms with Gasteiger partial charge in [0.25, 0.3) is 5.69 Å². The zero-order chi connectivity index (χ0) is 11.5. The Balaban J connectivity index is 2.34. The predicted molar refractivity (Wildman–Crippen MR) is 59.1 cm³/mol. The maximum absolute atomic E-state index is 13.0. The molecule has 0 N–H and O–H groups in total. The molecule has 1 fully saturated rings. The van der Waals surface area contributed by atoms with E-state index in [0.29, 0.717) is 5.69 Å². The Morgan fingerprint density at radius 1 is 1.25 bits per heavy atom. The van der Waals surface area contributed by atoms with Crippen LogP contribution in [-0.4, -0.2) is 18.0 Å². The molecule has 1 aromatic carbocycles. The van der Waals surface area contributed by atoms with E-state index in [1.54, 1.807) is 0 Å². The summed E-state index contributed by atoms with van der Waals surface area (Å²) in [7, 11) is 0. The molecular formula is C11H13FN2O2. The molecule has 0 unspecified atom stereocenters. The van der Waals surface area contributed by atoms with Crippen molar-refractivity contribution in [1.29, 1.82) is 0 Å². The van der Waals surface area contributed by atoms with Crippen molar-refractivity contribution in [3.05, 3.63) is 34.1 Å². The van der Waals surface area contributed by atoms with Gasteiger partial charge in [0.05, 0.1) is 11.0 Å². The molecule has 86 valence electrons. The van der Waals surface area contributed by atoms with E-state index in [9.17, 15) is 14.5 Å². The Bertz CT molecular complexity index is 403. The number of hydrogen-bond donors (Lipinski definition) is 0. The van der Waals surface area contributed by atoms with Crippen LogP contribution in [0, 0.1) is 15.9 Å². The molecule has 4 nitrogen and oxygen atoms in total. The second kappa shape index (κ2) is 4.47. The van der Waals surface area contributed by atoms with Crippen molar-refractivity contribution < 1.29 is 9.31 Å². The number of halogens is 1. The van der Waals surface area contributed by atoms with Crippen molar-refractivity contribution in [3.63, 3.8) is 0 Å². The number of benzene rings is 1. The fourth-order valence-corrected chi connectivity index (χ4v) is 2.05. The summed E-state index contributed by atoms with van der Waals surface area (Å²) in [6.07, 6.45) is 3.23.